The third kappa shape index (κ3) is 6.10. The van der Waals surface area contributed by atoms with Crippen LogP contribution in [-0.2, 0) is 9.59 Å². The van der Waals surface area contributed by atoms with Crippen molar-refractivity contribution in [2.75, 3.05) is 24.7 Å². The number of carbonyl (C=O) groups excluding carboxylic acids is 2. The average Bonchev–Trinajstić information content (AvgIpc) is 3.29. The average molecular weight is 491 g/mol. The normalized spacial score (nSPS) is 10.7. The number of halogens is 1. The van der Waals surface area contributed by atoms with Crippen molar-refractivity contribution in [1.29, 1.82) is 0 Å². The summed E-state index contributed by atoms with van der Waals surface area (Å²) in [5.74, 6) is -0.302. The highest BCUT2D eigenvalue weighted by atomic mass is 32.2. The van der Waals surface area contributed by atoms with Crippen LogP contribution in [0.25, 0.3) is 17.1 Å². The monoisotopic (exact) mass is 490 g/mol. The first-order chi connectivity index (χ1) is 16.9. The van der Waals surface area contributed by atoms with Crippen LogP contribution in [0.2, 0.25) is 0 Å². The van der Waals surface area contributed by atoms with Gasteiger partial charge in [-0.05, 0) is 55.5 Å². The molecule has 4 aromatic rings. The molecule has 4 rings (SSSR count). The predicted molar refractivity (Wildman–Crippen MR) is 133 cm³/mol. The predicted octanol–water partition coefficient (Wildman–Crippen LogP) is 3.97. The molecule has 0 radical (unpaired) electrons. The Bertz CT molecular complexity index is 1310. The van der Waals surface area contributed by atoms with Crippen LogP contribution >= 0.6 is 11.8 Å². The number of nitrogens with zero attached hydrogens (tertiary/aromatic N) is 5. The Labute approximate surface area is 206 Å². The maximum absolute atomic E-state index is 13.5. The molecule has 8 nitrogen and oxygen atoms in total. The van der Waals surface area contributed by atoms with Gasteiger partial charge in [0.25, 0.3) is 0 Å². The van der Waals surface area contributed by atoms with Gasteiger partial charge in [-0.3, -0.25) is 19.1 Å². The number of benzene rings is 2. The topological polar surface area (TPSA) is 93.0 Å². The van der Waals surface area contributed by atoms with E-state index in [-0.39, 0.29) is 29.9 Å². The molecule has 0 fully saturated rings. The highest BCUT2D eigenvalue weighted by Gasteiger charge is 2.19. The number of anilines is 1. The second-order valence-corrected chi connectivity index (χ2v) is 8.75. The van der Waals surface area contributed by atoms with Crippen molar-refractivity contribution in [2.24, 2.45) is 0 Å². The number of hydrogen-bond donors (Lipinski definition) is 1. The third-order valence-electron chi connectivity index (χ3n) is 5.12. The van der Waals surface area contributed by atoms with E-state index in [0.29, 0.717) is 22.4 Å². The van der Waals surface area contributed by atoms with E-state index < -0.39 is 0 Å². The fraction of sp³-hybridized carbons (Fsp3) is 0.160. The van der Waals surface area contributed by atoms with E-state index in [1.807, 2.05) is 31.2 Å². The minimum absolute atomic E-state index is 0.0456. The van der Waals surface area contributed by atoms with Gasteiger partial charge in [0.05, 0.1) is 12.3 Å². The summed E-state index contributed by atoms with van der Waals surface area (Å²) in [7, 11) is 1.57. The van der Waals surface area contributed by atoms with Crippen molar-refractivity contribution < 1.29 is 14.0 Å². The molecule has 178 valence electrons. The molecule has 0 spiro atoms. The van der Waals surface area contributed by atoms with E-state index >= 15 is 0 Å². The minimum Gasteiger partial charge on any atom is -0.336 e. The van der Waals surface area contributed by atoms with Crippen molar-refractivity contribution in [2.45, 2.75) is 12.1 Å². The zero-order valence-corrected chi connectivity index (χ0v) is 20.0. The van der Waals surface area contributed by atoms with Crippen LogP contribution in [-0.4, -0.2) is 55.8 Å². The van der Waals surface area contributed by atoms with Crippen LogP contribution < -0.4 is 5.32 Å². The maximum Gasteiger partial charge on any atom is 0.243 e. The van der Waals surface area contributed by atoms with Gasteiger partial charge in [0.15, 0.2) is 11.0 Å². The van der Waals surface area contributed by atoms with E-state index in [4.69, 9.17) is 0 Å². The molecule has 0 aliphatic rings. The Morgan fingerprint density at radius 3 is 2.37 bits per heavy atom. The first-order valence-electron chi connectivity index (χ1n) is 10.8. The molecule has 0 aliphatic carbocycles. The molecule has 2 amide bonds. The standard InChI is InChI=1S/C25H23FN6O2S/c1-17-3-7-20(8-4-17)28-22(33)15-31(2)23(34)16-35-25-30-29-24(18-11-13-27-14-12-18)32(25)21-9-5-19(26)6-10-21/h3-14H,15-16H2,1-2H3,(H,28,33). The molecule has 2 aromatic heterocycles. The van der Waals surface area contributed by atoms with Crippen molar-refractivity contribution in [3.8, 4) is 17.1 Å². The van der Waals surface area contributed by atoms with Crippen molar-refractivity contribution >= 4 is 29.3 Å². The van der Waals surface area contributed by atoms with E-state index in [0.717, 1.165) is 11.1 Å². The molecule has 0 saturated carbocycles. The van der Waals surface area contributed by atoms with E-state index in [9.17, 15) is 14.0 Å². The Hall–Kier alpha value is -4.05. The van der Waals surface area contributed by atoms with E-state index in [2.05, 4.69) is 20.5 Å². The van der Waals surface area contributed by atoms with E-state index in [1.165, 1.54) is 28.8 Å². The molecule has 35 heavy (non-hydrogen) atoms. The highest BCUT2D eigenvalue weighted by Crippen LogP contribution is 2.28. The van der Waals surface area contributed by atoms with Crippen LogP contribution in [0, 0.1) is 12.7 Å². The SMILES string of the molecule is Cc1ccc(NC(=O)CN(C)C(=O)CSc2nnc(-c3ccncc3)n2-c2ccc(F)cc2)cc1. The zero-order chi connectivity index (χ0) is 24.8. The van der Waals surface area contributed by atoms with Gasteiger partial charge in [0, 0.05) is 36.4 Å². The van der Waals surface area contributed by atoms with Crippen LogP contribution in [0.5, 0.6) is 0 Å². The van der Waals surface area contributed by atoms with Gasteiger partial charge in [-0.1, -0.05) is 29.5 Å². The van der Waals surface area contributed by atoms with Crippen LogP contribution in [0.4, 0.5) is 10.1 Å². The second kappa shape index (κ2) is 10.9. The number of thioether (sulfide) groups is 1. The van der Waals surface area contributed by atoms with Gasteiger partial charge < -0.3 is 10.2 Å². The van der Waals surface area contributed by atoms with Gasteiger partial charge in [-0.15, -0.1) is 10.2 Å². The maximum atomic E-state index is 13.5. The zero-order valence-electron chi connectivity index (χ0n) is 19.2. The van der Waals surface area contributed by atoms with Crippen molar-refractivity contribution in [3.05, 3.63) is 84.4 Å². The molecule has 2 heterocycles. The number of rotatable bonds is 8. The summed E-state index contributed by atoms with van der Waals surface area (Å²) >= 11 is 1.19. The fourth-order valence-electron chi connectivity index (χ4n) is 3.25. The number of hydrogen-bond acceptors (Lipinski definition) is 6. The smallest absolute Gasteiger partial charge is 0.243 e. The van der Waals surface area contributed by atoms with Gasteiger partial charge in [0.1, 0.15) is 5.82 Å². The lowest BCUT2D eigenvalue weighted by Crippen LogP contribution is -2.36. The number of nitrogens with one attached hydrogen (secondary N) is 1. The Kier molecular flexibility index (Phi) is 7.51. The van der Waals surface area contributed by atoms with Gasteiger partial charge in [0.2, 0.25) is 11.8 Å². The minimum atomic E-state index is -0.359. The Morgan fingerprint density at radius 2 is 1.69 bits per heavy atom. The molecule has 0 saturated heterocycles. The Balaban J connectivity index is 1.45. The lowest BCUT2D eigenvalue weighted by Gasteiger charge is -2.17. The molecule has 1 N–H and O–H groups in total. The van der Waals surface area contributed by atoms with Gasteiger partial charge >= 0.3 is 0 Å². The lowest BCUT2D eigenvalue weighted by molar-refractivity contribution is -0.131. The summed E-state index contributed by atoms with van der Waals surface area (Å²) in [4.78, 5) is 30.5. The molecular formula is C25H23FN6O2S. The second-order valence-electron chi connectivity index (χ2n) is 7.81. The molecule has 2 aromatic carbocycles. The van der Waals surface area contributed by atoms with Gasteiger partial charge in [-0.2, -0.15) is 0 Å². The molecule has 0 bridgehead atoms. The van der Waals surface area contributed by atoms with Crippen LogP contribution in [0.1, 0.15) is 5.56 Å². The summed E-state index contributed by atoms with van der Waals surface area (Å²) < 4.78 is 15.3. The third-order valence-corrected chi connectivity index (χ3v) is 6.04. The van der Waals surface area contributed by atoms with Gasteiger partial charge in [-0.25, -0.2) is 4.39 Å². The number of amides is 2. The fourth-order valence-corrected chi connectivity index (χ4v) is 4.14. The molecule has 0 unspecified atom stereocenters. The summed E-state index contributed by atoms with van der Waals surface area (Å²) in [6.45, 7) is 1.88. The number of aryl methyl sites for hydroxylation is 1. The molecule has 0 atom stereocenters. The summed E-state index contributed by atoms with van der Waals surface area (Å²) in [5, 5.41) is 11.8. The summed E-state index contributed by atoms with van der Waals surface area (Å²) in [6, 6.07) is 17.0. The number of pyridine rings is 1. The summed E-state index contributed by atoms with van der Waals surface area (Å²) in [6.07, 6.45) is 3.29. The number of carbonyl (C=O) groups is 2. The van der Waals surface area contributed by atoms with E-state index in [1.54, 1.807) is 48.3 Å². The first-order valence-corrected chi connectivity index (χ1v) is 11.7. The Morgan fingerprint density at radius 1 is 1.00 bits per heavy atom. The van der Waals surface area contributed by atoms with Crippen LogP contribution in [0.3, 0.4) is 0 Å². The van der Waals surface area contributed by atoms with Crippen molar-refractivity contribution in [3.63, 3.8) is 0 Å². The molecule has 10 heteroatoms. The number of likely N-dealkylation sites (N-methyl/N-ethyl adjacent to an activating group) is 1. The molecule has 0 aliphatic heterocycles. The quantitative estimate of drug-likeness (QED) is 0.376. The lowest BCUT2D eigenvalue weighted by atomic mass is 10.2. The van der Waals surface area contributed by atoms with Crippen LogP contribution in [0.15, 0.2) is 78.2 Å². The summed E-state index contributed by atoms with van der Waals surface area (Å²) in [5.41, 5.74) is 3.20. The molecular weight excluding hydrogens is 467 g/mol. The van der Waals surface area contributed by atoms with Crippen molar-refractivity contribution in [1.82, 2.24) is 24.6 Å². The number of aromatic nitrogens is 4. The highest BCUT2D eigenvalue weighted by molar-refractivity contribution is 7.99. The largest absolute Gasteiger partial charge is 0.336 e. The first kappa shape index (κ1) is 24.1.